The lowest BCUT2D eigenvalue weighted by Crippen LogP contribution is -2.36. The Kier molecular flexibility index (Phi) is 6.68. The van der Waals surface area contributed by atoms with E-state index in [-0.39, 0.29) is 12.2 Å². The minimum Gasteiger partial charge on any atom is -0.378 e. The first kappa shape index (κ1) is 23.3. The summed E-state index contributed by atoms with van der Waals surface area (Å²) in [5.41, 5.74) is 4.34. The largest absolute Gasteiger partial charge is 0.378 e. The highest BCUT2D eigenvalue weighted by atomic mass is 35.5. The topological polar surface area (TPSA) is 96.0 Å². The molecule has 178 valence electrons. The molecule has 1 saturated heterocycles. The summed E-state index contributed by atoms with van der Waals surface area (Å²) >= 11 is 12.7. The number of benzene rings is 2. The molecule has 3 heterocycles. The molecular weight excluding hydrogens is 487 g/mol. The number of hydrogen-bond donors (Lipinski definition) is 2. The van der Waals surface area contributed by atoms with Gasteiger partial charge >= 0.3 is 0 Å². The number of nitrogens with one attached hydrogen (secondary N) is 2. The molecule has 0 aliphatic carbocycles. The number of fused-ring (bicyclic) bond motifs is 1. The molecule has 0 unspecified atom stereocenters. The highest BCUT2D eigenvalue weighted by molar-refractivity contribution is 6.35. The highest BCUT2D eigenvalue weighted by Gasteiger charge is 2.18. The number of aromatic amines is 1. The Balaban J connectivity index is 1.52. The van der Waals surface area contributed by atoms with Gasteiger partial charge in [0.15, 0.2) is 11.4 Å². The average Bonchev–Trinajstić information content (AvgIpc) is 3.26. The van der Waals surface area contributed by atoms with Crippen LogP contribution in [0.3, 0.4) is 0 Å². The Bertz CT molecular complexity index is 1410. The number of carbonyl (C=O) groups is 1. The molecule has 4 aromatic rings. The van der Waals surface area contributed by atoms with Crippen LogP contribution in [-0.2, 0) is 16.0 Å². The van der Waals surface area contributed by atoms with Crippen LogP contribution >= 0.6 is 23.2 Å². The quantitative estimate of drug-likeness (QED) is 0.331. The van der Waals surface area contributed by atoms with Crippen LogP contribution in [0.15, 0.2) is 55.1 Å². The summed E-state index contributed by atoms with van der Waals surface area (Å²) in [4.78, 5) is 23.5. The van der Waals surface area contributed by atoms with Crippen molar-refractivity contribution in [3.63, 3.8) is 0 Å². The minimum absolute atomic E-state index is 0.124. The van der Waals surface area contributed by atoms with Gasteiger partial charge in [-0.1, -0.05) is 41.9 Å². The van der Waals surface area contributed by atoms with E-state index in [1.165, 1.54) is 6.08 Å². The van der Waals surface area contributed by atoms with Gasteiger partial charge in [0.1, 0.15) is 5.15 Å². The van der Waals surface area contributed by atoms with Crippen molar-refractivity contribution in [2.45, 2.75) is 6.42 Å². The minimum atomic E-state index is -0.124. The molecule has 2 N–H and O–H groups in total. The predicted octanol–water partition coefficient (Wildman–Crippen LogP) is 5.20. The Morgan fingerprint density at radius 1 is 1.17 bits per heavy atom. The first-order valence-corrected chi connectivity index (χ1v) is 11.8. The maximum absolute atomic E-state index is 11.9. The van der Waals surface area contributed by atoms with Crippen LogP contribution in [0.25, 0.3) is 22.3 Å². The number of H-pyrrole nitrogens is 1. The molecule has 0 amide bonds. The summed E-state index contributed by atoms with van der Waals surface area (Å²) in [6.07, 6.45) is 1.43. The van der Waals surface area contributed by atoms with Crippen LogP contribution in [0.2, 0.25) is 10.2 Å². The molecule has 1 fully saturated rings. The maximum atomic E-state index is 11.9. The number of halogens is 2. The third kappa shape index (κ3) is 5.00. The van der Waals surface area contributed by atoms with E-state index in [2.05, 4.69) is 44.1 Å². The van der Waals surface area contributed by atoms with E-state index < -0.39 is 0 Å². The number of anilines is 3. The van der Waals surface area contributed by atoms with Gasteiger partial charge in [-0.05, 0) is 42.0 Å². The summed E-state index contributed by atoms with van der Waals surface area (Å²) < 4.78 is 5.46. The molecule has 0 radical (unpaired) electrons. The zero-order valence-electron chi connectivity index (χ0n) is 18.7. The highest BCUT2D eigenvalue weighted by Crippen LogP contribution is 2.34. The number of carbonyl (C=O) groups excluding carboxylic acids is 1. The van der Waals surface area contributed by atoms with Gasteiger partial charge in [0.05, 0.1) is 24.3 Å². The molecule has 0 bridgehead atoms. The van der Waals surface area contributed by atoms with Crippen molar-refractivity contribution in [2.24, 2.45) is 0 Å². The summed E-state index contributed by atoms with van der Waals surface area (Å²) in [7, 11) is 0. The molecule has 1 aliphatic heterocycles. The molecular formula is C25H22Cl2N6O2. The van der Waals surface area contributed by atoms with E-state index in [0.717, 1.165) is 30.0 Å². The van der Waals surface area contributed by atoms with E-state index in [9.17, 15) is 4.79 Å². The SMILES string of the molecule is C=CC(=O)Cc1cc(-c2nc(Nc3cccc(N4CCOCC4)c3)nc3n[nH]c(Cl)c23)ccc1Cl. The normalized spacial score (nSPS) is 13.7. The summed E-state index contributed by atoms with van der Waals surface area (Å²) in [5, 5.41) is 11.7. The lowest BCUT2D eigenvalue weighted by atomic mass is 10.0. The molecule has 5 rings (SSSR count). The smallest absolute Gasteiger partial charge is 0.229 e. The first-order valence-electron chi connectivity index (χ1n) is 11.1. The lowest BCUT2D eigenvalue weighted by Gasteiger charge is -2.29. The molecule has 1 aliphatic rings. The van der Waals surface area contributed by atoms with Gasteiger partial charge in [-0.3, -0.25) is 9.89 Å². The second-order valence-corrected chi connectivity index (χ2v) is 8.85. The molecule has 2 aromatic carbocycles. The van der Waals surface area contributed by atoms with Gasteiger partial charge in [-0.15, -0.1) is 0 Å². The van der Waals surface area contributed by atoms with Crippen molar-refractivity contribution >= 4 is 57.3 Å². The number of nitrogens with zero attached hydrogens (tertiary/aromatic N) is 4. The van der Waals surface area contributed by atoms with Gasteiger partial charge in [0.25, 0.3) is 0 Å². The van der Waals surface area contributed by atoms with E-state index in [4.69, 9.17) is 32.9 Å². The standard InChI is InChI=1S/C25H22Cl2N6O2/c1-2-19(34)13-16-12-15(6-7-20(16)26)22-21-23(27)31-32-24(21)30-25(29-22)28-17-4-3-5-18(14-17)33-8-10-35-11-9-33/h2-7,12,14H,1,8-11,13H2,(H2,28,29,30,31,32). The van der Waals surface area contributed by atoms with Crippen LogP contribution in [-0.4, -0.2) is 52.3 Å². The van der Waals surface area contributed by atoms with Crippen molar-refractivity contribution in [1.82, 2.24) is 20.2 Å². The lowest BCUT2D eigenvalue weighted by molar-refractivity contribution is -0.114. The van der Waals surface area contributed by atoms with E-state index in [0.29, 0.717) is 51.6 Å². The second kappa shape index (κ2) is 10.0. The molecule has 2 aromatic heterocycles. The summed E-state index contributed by atoms with van der Waals surface area (Å²) in [5.74, 6) is 0.245. The third-order valence-electron chi connectivity index (χ3n) is 5.76. The fourth-order valence-electron chi connectivity index (χ4n) is 4.00. The van der Waals surface area contributed by atoms with Crippen molar-refractivity contribution in [3.8, 4) is 11.3 Å². The zero-order valence-corrected chi connectivity index (χ0v) is 20.2. The summed E-state index contributed by atoms with van der Waals surface area (Å²) in [6, 6.07) is 13.5. The molecule has 0 spiro atoms. The van der Waals surface area contributed by atoms with Crippen LogP contribution in [0.5, 0.6) is 0 Å². The Morgan fingerprint density at radius 2 is 2.00 bits per heavy atom. The Labute approximate surface area is 211 Å². The molecule has 0 saturated carbocycles. The van der Waals surface area contributed by atoms with E-state index in [1.54, 1.807) is 6.07 Å². The van der Waals surface area contributed by atoms with Gasteiger partial charge in [0.2, 0.25) is 5.95 Å². The number of aromatic nitrogens is 4. The van der Waals surface area contributed by atoms with Gasteiger partial charge in [-0.2, -0.15) is 10.1 Å². The van der Waals surface area contributed by atoms with Crippen molar-refractivity contribution in [1.29, 1.82) is 0 Å². The number of rotatable bonds is 7. The van der Waals surface area contributed by atoms with Crippen LogP contribution < -0.4 is 10.2 Å². The van der Waals surface area contributed by atoms with Crippen molar-refractivity contribution < 1.29 is 9.53 Å². The Morgan fingerprint density at radius 3 is 2.80 bits per heavy atom. The fourth-order valence-corrected chi connectivity index (χ4v) is 4.40. The third-order valence-corrected chi connectivity index (χ3v) is 6.40. The molecule has 8 nitrogen and oxygen atoms in total. The Hall–Kier alpha value is -3.46. The second-order valence-electron chi connectivity index (χ2n) is 8.06. The average molecular weight is 509 g/mol. The van der Waals surface area contributed by atoms with Gasteiger partial charge in [-0.25, -0.2) is 4.98 Å². The monoisotopic (exact) mass is 508 g/mol. The number of ketones is 1. The number of ether oxygens (including phenoxy) is 1. The zero-order chi connectivity index (χ0) is 24.4. The van der Waals surface area contributed by atoms with Crippen LogP contribution in [0, 0.1) is 0 Å². The molecule has 35 heavy (non-hydrogen) atoms. The first-order chi connectivity index (χ1) is 17.0. The number of allylic oxidation sites excluding steroid dienone is 1. The molecule has 0 atom stereocenters. The summed E-state index contributed by atoms with van der Waals surface area (Å²) in [6.45, 7) is 6.65. The van der Waals surface area contributed by atoms with Crippen molar-refractivity contribution in [3.05, 3.63) is 70.9 Å². The van der Waals surface area contributed by atoms with Crippen molar-refractivity contribution in [2.75, 3.05) is 36.5 Å². The fraction of sp³-hybridized carbons (Fsp3) is 0.200. The maximum Gasteiger partial charge on any atom is 0.229 e. The molecule has 10 heteroatoms. The van der Waals surface area contributed by atoms with E-state index >= 15 is 0 Å². The predicted molar refractivity (Wildman–Crippen MR) is 139 cm³/mol. The van der Waals surface area contributed by atoms with Crippen LogP contribution in [0.1, 0.15) is 5.56 Å². The number of morpholine rings is 1. The number of hydrogen-bond acceptors (Lipinski definition) is 7. The van der Waals surface area contributed by atoms with Gasteiger partial charge in [0, 0.05) is 41.5 Å². The van der Waals surface area contributed by atoms with E-state index in [1.807, 2.05) is 24.3 Å². The van der Waals surface area contributed by atoms with Crippen LogP contribution in [0.4, 0.5) is 17.3 Å². The van der Waals surface area contributed by atoms with Gasteiger partial charge < -0.3 is 15.0 Å².